The first-order chi connectivity index (χ1) is 19.4. The summed E-state index contributed by atoms with van der Waals surface area (Å²) in [5.41, 5.74) is 8.91. The van der Waals surface area contributed by atoms with Crippen molar-refractivity contribution in [3.05, 3.63) is 133 Å². The van der Waals surface area contributed by atoms with Crippen LogP contribution < -0.4 is 0 Å². The minimum absolute atomic E-state index is 0.901. The second-order valence-corrected chi connectivity index (χ2v) is 10.1. The number of hydrogen-bond donors (Lipinski definition) is 0. The Hall–Kier alpha value is -5.28. The standard InChI is InChI=1S/C36H22N2O/c1-2-11-23(12-3-1)37-29-17-8-5-14-26(29)35-31(37)22-21-25-24-13-4-7-16-28(24)38(36(25)35)30-18-10-20-33-34(30)27-15-6-9-19-32(27)39-33/h1-22H. The van der Waals surface area contributed by atoms with E-state index < -0.39 is 0 Å². The van der Waals surface area contributed by atoms with Gasteiger partial charge in [-0.2, -0.15) is 0 Å². The number of benzene rings is 6. The summed E-state index contributed by atoms with van der Waals surface area (Å²) in [4.78, 5) is 0. The zero-order valence-electron chi connectivity index (χ0n) is 21.0. The van der Waals surface area contributed by atoms with Crippen molar-refractivity contribution in [1.29, 1.82) is 0 Å². The average Bonchev–Trinajstić information content (AvgIpc) is 3.65. The van der Waals surface area contributed by atoms with Crippen LogP contribution >= 0.6 is 0 Å². The molecule has 0 amide bonds. The third-order valence-electron chi connectivity index (χ3n) is 8.11. The summed E-state index contributed by atoms with van der Waals surface area (Å²) in [5.74, 6) is 0. The van der Waals surface area contributed by atoms with Gasteiger partial charge < -0.3 is 13.6 Å². The lowest BCUT2D eigenvalue weighted by atomic mass is 10.1. The summed E-state index contributed by atoms with van der Waals surface area (Å²) in [6.45, 7) is 0. The molecule has 0 radical (unpaired) electrons. The van der Waals surface area contributed by atoms with E-state index in [4.69, 9.17) is 4.42 Å². The van der Waals surface area contributed by atoms with Crippen LogP contribution in [0.2, 0.25) is 0 Å². The molecular formula is C36H22N2O. The Balaban J connectivity index is 1.55. The number of nitrogens with zero attached hydrogens (tertiary/aromatic N) is 2. The second-order valence-electron chi connectivity index (χ2n) is 10.1. The molecule has 0 spiro atoms. The highest BCUT2D eigenvalue weighted by Gasteiger charge is 2.22. The Morgan fingerprint density at radius 3 is 1.90 bits per heavy atom. The minimum Gasteiger partial charge on any atom is -0.456 e. The number of hydrogen-bond acceptors (Lipinski definition) is 1. The van der Waals surface area contributed by atoms with Crippen LogP contribution in [-0.2, 0) is 0 Å². The van der Waals surface area contributed by atoms with E-state index in [1.54, 1.807) is 0 Å². The maximum absolute atomic E-state index is 6.32. The van der Waals surface area contributed by atoms with E-state index in [9.17, 15) is 0 Å². The van der Waals surface area contributed by atoms with Crippen LogP contribution in [-0.4, -0.2) is 9.13 Å². The lowest BCUT2D eigenvalue weighted by Gasteiger charge is -2.11. The van der Waals surface area contributed by atoms with Crippen molar-refractivity contribution in [2.45, 2.75) is 0 Å². The van der Waals surface area contributed by atoms with Crippen LogP contribution in [0.25, 0.3) is 76.9 Å². The molecule has 3 heterocycles. The van der Waals surface area contributed by atoms with Gasteiger partial charge in [0.05, 0.1) is 33.1 Å². The highest BCUT2D eigenvalue weighted by Crippen LogP contribution is 2.43. The molecule has 0 saturated carbocycles. The summed E-state index contributed by atoms with van der Waals surface area (Å²) in [7, 11) is 0. The van der Waals surface area contributed by atoms with Crippen LogP contribution in [0, 0.1) is 0 Å². The third-order valence-corrected chi connectivity index (χ3v) is 8.11. The summed E-state index contributed by atoms with van der Waals surface area (Å²) in [6, 6.07) is 47.5. The van der Waals surface area contributed by atoms with Gasteiger partial charge in [-0.05, 0) is 48.5 Å². The molecule has 0 fully saturated rings. The number of para-hydroxylation sites is 4. The quantitative estimate of drug-likeness (QED) is 0.233. The number of fused-ring (bicyclic) bond motifs is 10. The molecule has 0 atom stereocenters. The van der Waals surface area contributed by atoms with Crippen LogP contribution in [0.3, 0.4) is 0 Å². The van der Waals surface area contributed by atoms with Crippen LogP contribution in [0.5, 0.6) is 0 Å². The third kappa shape index (κ3) is 2.71. The monoisotopic (exact) mass is 498 g/mol. The van der Waals surface area contributed by atoms with Crippen molar-refractivity contribution in [3.8, 4) is 11.4 Å². The molecule has 39 heavy (non-hydrogen) atoms. The van der Waals surface area contributed by atoms with Crippen molar-refractivity contribution >= 4 is 65.6 Å². The van der Waals surface area contributed by atoms with Gasteiger partial charge in [-0.1, -0.05) is 84.9 Å². The summed E-state index contributed by atoms with van der Waals surface area (Å²) in [6.07, 6.45) is 0. The maximum atomic E-state index is 6.32. The topological polar surface area (TPSA) is 23.0 Å². The van der Waals surface area contributed by atoms with Crippen molar-refractivity contribution in [2.24, 2.45) is 0 Å². The first-order valence-electron chi connectivity index (χ1n) is 13.3. The summed E-state index contributed by atoms with van der Waals surface area (Å²) in [5, 5.41) is 7.27. The number of furan rings is 1. The fraction of sp³-hybridized carbons (Fsp3) is 0. The molecule has 6 aromatic carbocycles. The van der Waals surface area contributed by atoms with Gasteiger partial charge in [0.25, 0.3) is 0 Å². The largest absolute Gasteiger partial charge is 0.456 e. The zero-order valence-corrected chi connectivity index (χ0v) is 21.0. The first kappa shape index (κ1) is 20.7. The lowest BCUT2D eigenvalue weighted by Crippen LogP contribution is -1.96. The van der Waals surface area contributed by atoms with Crippen molar-refractivity contribution in [2.75, 3.05) is 0 Å². The Kier molecular flexibility index (Phi) is 4.05. The van der Waals surface area contributed by atoms with Crippen LogP contribution in [0.1, 0.15) is 0 Å². The average molecular weight is 499 g/mol. The van der Waals surface area contributed by atoms with Crippen LogP contribution in [0.4, 0.5) is 0 Å². The minimum atomic E-state index is 0.901. The molecule has 3 heteroatoms. The van der Waals surface area contributed by atoms with Gasteiger partial charge in [0.1, 0.15) is 11.2 Å². The summed E-state index contributed by atoms with van der Waals surface area (Å²) < 4.78 is 11.2. The van der Waals surface area contributed by atoms with E-state index in [1.165, 1.54) is 43.6 Å². The molecule has 0 N–H and O–H groups in total. The second kappa shape index (κ2) is 7.62. The van der Waals surface area contributed by atoms with E-state index in [2.05, 4.69) is 137 Å². The normalized spacial score (nSPS) is 12.1. The Labute approximate surface area is 223 Å². The molecule has 9 rings (SSSR count). The van der Waals surface area contributed by atoms with Gasteiger partial charge in [0, 0.05) is 32.6 Å². The highest BCUT2D eigenvalue weighted by molar-refractivity contribution is 6.27. The fourth-order valence-electron chi connectivity index (χ4n) is 6.56. The van der Waals surface area contributed by atoms with E-state index in [0.29, 0.717) is 0 Å². The molecule has 0 unspecified atom stereocenters. The van der Waals surface area contributed by atoms with Gasteiger partial charge in [-0.25, -0.2) is 0 Å². The Morgan fingerprint density at radius 2 is 1.05 bits per heavy atom. The van der Waals surface area contributed by atoms with Crippen LogP contribution in [0.15, 0.2) is 138 Å². The van der Waals surface area contributed by atoms with Crippen molar-refractivity contribution in [3.63, 3.8) is 0 Å². The molecular weight excluding hydrogens is 476 g/mol. The van der Waals surface area contributed by atoms with E-state index in [1.807, 2.05) is 6.07 Å². The predicted molar refractivity (Wildman–Crippen MR) is 162 cm³/mol. The molecule has 0 bridgehead atoms. The number of rotatable bonds is 2. The molecule has 0 saturated heterocycles. The molecule has 182 valence electrons. The van der Waals surface area contributed by atoms with Gasteiger partial charge in [0.2, 0.25) is 0 Å². The SMILES string of the molecule is c1ccc(-n2c3ccccc3c3c2ccc2c4ccccc4n(-c4cccc5oc6ccccc6c45)c23)cc1. The molecule has 9 aromatic rings. The molecule has 0 aliphatic rings. The molecule has 3 aromatic heterocycles. The van der Waals surface area contributed by atoms with Gasteiger partial charge in [0.15, 0.2) is 0 Å². The molecule has 3 nitrogen and oxygen atoms in total. The zero-order chi connectivity index (χ0) is 25.5. The lowest BCUT2D eigenvalue weighted by molar-refractivity contribution is 0.669. The Bertz CT molecular complexity index is 2390. The first-order valence-corrected chi connectivity index (χ1v) is 13.3. The van der Waals surface area contributed by atoms with E-state index in [-0.39, 0.29) is 0 Å². The summed E-state index contributed by atoms with van der Waals surface area (Å²) >= 11 is 0. The smallest absolute Gasteiger partial charge is 0.137 e. The van der Waals surface area contributed by atoms with Gasteiger partial charge in [-0.15, -0.1) is 0 Å². The van der Waals surface area contributed by atoms with E-state index in [0.717, 1.165) is 33.3 Å². The van der Waals surface area contributed by atoms with Gasteiger partial charge >= 0.3 is 0 Å². The highest BCUT2D eigenvalue weighted by atomic mass is 16.3. The number of aromatic nitrogens is 2. The fourth-order valence-corrected chi connectivity index (χ4v) is 6.56. The Morgan fingerprint density at radius 1 is 0.385 bits per heavy atom. The van der Waals surface area contributed by atoms with Gasteiger partial charge in [-0.3, -0.25) is 0 Å². The molecule has 0 aliphatic carbocycles. The maximum Gasteiger partial charge on any atom is 0.137 e. The van der Waals surface area contributed by atoms with E-state index >= 15 is 0 Å². The molecule has 0 aliphatic heterocycles. The van der Waals surface area contributed by atoms with Crippen molar-refractivity contribution < 1.29 is 4.42 Å². The van der Waals surface area contributed by atoms with Crippen molar-refractivity contribution in [1.82, 2.24) is 9.13 Å². The predicted octanol–water partition coefficient (Wildman–Crippen LogP) is 9.78.